The zero-order chi connectivity index (χ0) is 12.8. The fourth-order valence-electron chi connectivity index (χ4n) is 2.53. The summed E-state index contributed by atoms with van der Waals surface area (Å²) in [6.45, 7) is 3.00. The number of sulfonamides is 1. The zero-order valence-electron chi connectivity index (χ0n) is 10.9. The summed E-state index contributed by atoms with van der Waals surface area (Å²) in [5.74, 6) is 0.589. The Kier molecular flexibility index (Phi) is 5.41. The topological polar surface area (TPSA) is 67.4 Å². The van der Waals surface area contributed by atoms with Crippen LogP contribution in [0.4, 0.5) is 0 Å². The van der Waals surface area contributed by atoms with Crippen molar-refractivity contribution in [1.82, 2.24) is 10.0 Å². The Labute approximate surface area is 110 Å². The van der Waals surface area contributed by atoms with E-state index < -0.39 is 10.0 Å². The van der Waals surface area contributed by atoms with Crippen LogP contribution in [0.2, 0.25) is 0 Å². The van der Waals surface area contributed by atoms with E-state index in [9.17, 15) is 8.42 Å². The average Bonchev–Trinajstić information content (AvgIpc) is 2.89. The van der Waals surface area contributed by atoms with Gasteiger partial charge in [-0.3, -0.25) is 0 Å². The highest BCUT2D eigenvalue weighted by atomic mass is 32.2. The van der Waals surface area contributed by atoms with Crippen molar-refractivity contribution < 1.29 is 13.2 Å². The van der Waals surface area contributed by atoms with Gasteiger partial charge in [-0.05, 0) is 38.1 Å². The van der Waals surface area contributed by atoms with Gasteiger partial charge in [0.1, 0.15) is 0 Å². The fourth-order valence-corrected chi connectivity index (χ4v) is 3.76. The second kappa shape index (κ2) is 6.84. The Balaban J connectivity index is 1.66. The minimum atomic E-state index is -3.11. The van der Waals surface area contributed by atoms with Crippen LogP contribution in [-0.4, -0.2) is 46.5 Å². The SMILES string of the molecule is O=S(=O)(CCC1CCCCN1)NCC1CCOC1. The summed E-state index contributed by atoms with van der Waals surface area (Å²) in [6, 6.07) is 0.380. The molecule has 2 atom stereocenters. The van der Waals surface area contributed by atoms with Crippen LogP contribution in [0, 0.1) is 5.92 Å². The van der Waals surface area contributed by atoms with Crippen molar-refractivity contribution in [3.63, 3.8) is 0 Å². The zero-order valence-corrected chi connectivity index (χ0v) is 11.7. The molecule has 0 amide bonds. The molecule has 0 aromatic rings. The third-order valence-corrected chi connectivity index (χ3v) is 5.14. The van der Waals surface area contributed by atoms with Crippen LogP contribution in [0.3, 0.4) is 0 Å². The largest absolute Gasteiger partial charge is 0.381 e. The first-order valence-electron chi connectivity index (χ1n) is 6.94. The maximum Gasteiger partial charge on any atom is 0.211 e. The second-order valence-electron chi connectivity index (χ2n) is 5.33. The van der Waals surface area contributed by atoms with E-state index in [1.165, 1.54) is 12.8 Å². The van der Waals surface area contributed by atoms with Gasteiger partial charge in [0.25, 0.3) is 0 Å². The van der Waals surface area contributed by atoms with Crippen LogP contribution < -0.4 is 10.0 Å². The van der Waals surface area contributed by atoms with E-state index in [1.807, 2.05) is 0 Å². The first-order valence-corrected chi connectivity index (χ1v) is 8.59. The quantitative estimate of drug-likeness (QED) is 0.740. The predicted octanol–water partition coefficient (Wildman–Crippen LogP) is 0.475. The first kappa shape index (κ1) is 14.2. The van der Waals surface area contributed by atoms with Crippen molar-refractivity contribution in [2.75, 3.05) is 32.1 Å². The fraction of sp³-hybridized carbons (Fsp3) is 1.00. The van der Waals surface area contributed by atoms with Gasteiger partial charge in [0.2, 0.25) is 10.0 Å². The van der Waals surface area contributed by atoms with Crippen molar-refractivity contribution in [1.29, 1.82) is 0 Å². The molecule has 2 rings (SSSR count). The van der Waals surface area contributed by atoms with E-state index in [0.29, 0.717) is 25.1 Å². The Hall–Kier alpha value is -0.170. The molecule has 0 saturated carbocycles. The van der Waals surface area contributed by atoms with Crippen molar-refractivity contribution >= 4 is 10.0 Å². The average molecular weight is 276 g/mol. The molecule has 0 spiro atoms. The van der Waals surface area contributed by atoms with E-state index in [-0.39, 0.29) is 5.75 Å². The molecule has 2 unspecified atom stereocenters. The summed E-state index contributed by atoms with van der Waals surface area (Å²) < 4.78 is 31.6. The van der Waals surface area contributed by atoms with Crippen LogP contribution in [0.5, 0.6) is 0 Å². The number of hydrogen-bond donors (Lipinski definition) is 2. The van der Waals surface area contributed by atoms with Crippen LogP contribution in [0.1, 0.15) is 32.1 Å². The molecule has 0 bridgehead atoms. The number of rotatable bonds is 6. The van der Waals surface area contributed by atoms with Crippen LogP contribution in [0.15, 0.2) is 0 Å². The third-order valence-electron chi connectivity index (χ3n) is 3.76. The van der Waals surface area contributed by atoms with Crippen LogP contribution >= 0.6 is 0 Å². The van der Waals surface area contributed by atoms with Gasteiger partial charge in [0.05, 0.1) is 12.4 Å². The number of hydrogen-bond acceptors (Lipinski definition) is 4. The van der Waals surface area contributed by atoms with Gasteiger partial charge in [-0.1, -0.05) is 6.42 Å². The van der Waals surface area contributed by atoms with Crippen LogP contribution in [-0.2, 0) is 14.8 Å². The number of ether oxygens (including phenoxy) is 1. The van der Waals surface area contributed by atoms with Gasteiger partial charge in [0, 0.05) is 19.2 Å². The Bertz CT molecular complexity index is 333. The minimum absolute atomic E-state index is 0.234. The van der Waals surface area contributed by atoms with Gasteiger partial charge in [-0.25, -0.2) is 13.1 Å². The van der Waals surface area contributed by atoms with Crippen molar-refractivity contribution in [3.8, 4) is 0 Å². The van der Waals surface area contributed by atoms with Gasteiger partial charge >= 0.3 is 0 Å². The van der Waals surface area contributed by atoms with Gasteiger partial charge in [-0.15, -0.1) is 0 Å². The Morgan fingerprint density at radius 1 is 1.28 bits per heavy atom. The lowest BCUT2D eigenvalue weighted by Gasteiger charge is -2.23. The van der Waals surface area contributed by atoms with Gasteiger partial charge < -0.3 is 10.1 Å². The summed E-state index contributed by atoms with van der Waals surface area (Å²) in [4.78, 5) is 0. The summed E-state index contributed by atoms with van der Waals surface area (Å²) in [7, 11) is -3.11. The molecular weight excluding hydrogens is 252 g/mol. The second-order valence-corrected chi connectivity index (χ2v) is 7.26. The summed E-state index contributed by atoms with van der Waals surface area (Å²) in [6.07, 6.45) is 5.21. The highest BCUT2D eigenvalue weighted by Gasteiger charge is 2.20. The molecule has 0 aromatic heterocycles. The molecule has 18 heavy (non-hydrogen) atoms. The van der Waals surface area contributed by atoms with Crippen LogP contribution in [0.25, 0.3) is 0 Å². The standard InChI is InChI=1S/C12H24N2O3S/c15-18(16,14-9-11-4-7-17-10-11)8-5-12-3-1-2-6-13-12/h11-14H,1-10H2. The molecule has 106 valence electrons. The normalized spacial score (nSPS) is 29.6. The van der Waals surface area contributed by atoms with E-state index >= 15 is 0 Å². The lowest BCUT2D eigenvalue weighted by Crippen LogP contribution is -2.38. The molecule has 2 N–H and O–H groups in total. The molecule has 5 nitrogen and oxygen atoms in total. The number of nitrogens with one attached hydrogen (secondary N) is 2. The molecule has 2 heterocycles. The highest BCUT2D eigenvalue weighted by molar-refractivity contribution is 7.89. The smallest absolute Gasteiger partial charge is 0.211 e. The monoisotopic (exact) mass is 276 g/mol. The summed E-state index contributed by atoms with van der Waals surface area (Å²) in [5.41, 5.74) is 0. The van der Waals surface area contributed by atoms with Crippen molar-refractivity contribution in [3.05, 3.63) is 0 Å². The maximum absolute atomic E-state index is 11.9. The van der Waals surface area contributed by atoms with E-state index in [0.717, 1.165) is 32.4 Å². The number of piperidine rings is 1. The van der Waals surface area contributed by atoms with E-state index in [1.54, 1.807) is 0 Å². The molecule has 0 radical (unpaired) electrons. The predicted molar refractivity (Wildman–Crippen MR) is 71.0 cm³/mol. The van der Waals surface area contributed by atoms with Crippen molar-refractivity contribution in [2.24, 2.45) is 5.92 Å². The molecule has 2 fully saturated rings. The molecule has 0 aromatic carbocycles. The molecule has 2 aliphatic rings. The van der Waals surface area contributed by atoms with E-state index in [2.05, 4.69) is 10.0 Å². The summed E-state index contributed by atoms with van der Waals surface area (Å²) in [5, 5.41) is 3.38. The Morgan fingerprint density at radius 2 is 2.17 bits per heavy atom. The Morgan fingerprint density at radius 3 is 2.83 bits per heavy atom. The molecule has 6 heteroatoms. The molecule has 2 saturated heterocycles. The van der Waals surface area contributed by atoms with Gasteiger partial charge in [0.15, 0.2) is 0 Å². The summed E-state index contributed by atoms with van der Waals surface area (Å²) >= 11 is 0. The highest BCUT2D eigenvalue weighted by Crippen LogP contribution is 2.13. The molecular formula is C12H24N2O3S. The minimum Gasteiger partial charge on any atom is -0.381 e. The molecule has 2 aliphatic heterocycles. The molecule has 0 aliphatic carbocycles. The first-order chi connectivity index (χ1) is 8.66. The lowest BCUT2D eigenvalue weighted by atomic mass is 10.0. The third kappa shape index (κ3) is 4.84. The van der Waals surface area contributed by atoms with E-state index in [4.69, 9.17) is 4.74 Å². The maximum atomic E-state index is 11.9. The van der Waals surface area contributed by atoms with Crippen molar-refractivity contribution in [2.45, 2.75) is 38.1 Å². The lowest BCUT2D eigenvalue weighted by molar-refractivity contribution is 0.186. The van der Waals surface area contributed by atoms with Gasteiger partial charge in [-0.2, -0.15) is 0 Å².